The smallest absolute Gasteiger partial charge is 0.121 e. The van der Waals surface area contributed by atoms with Crippen molar-refractivity contribution < 1.29 is 25.9 Å². The summed E-state index contributed by atoms with van der Waals surface area (Å²) in [6, 6.07) is 67.0. The zero-order valence-corrected chi connectivity index (χ0v) is 44.9. The van der Waals surface area contributed by atoms with Crippen LogP contribution in [0.1, 0.15) is 104 Å². The summed E-state index contributed by atoms with van der Waals surface area (Å²) in [7, 11) is 0. The molecule has 0 aliphatic carbocycles. The third-order valence-electron chi connectivity index (χ3n) is 14.0. The van der Waals surface area contributed by atoms with Gasteiger partial charge in [0.05, 0.1) is 22.4 Å². The summed E-state index contributed by atoms with van der Waals surface area (Å²) in [5, 5.41) is 9.36. The van der Waals surface area contributed by atoms with Gasteiger partial charge in [-0.3, -0.25) is 4.98 Å². The largest absolute Gasteiger partial charge is 0.501 e. The number of benzene rings is 9. The minimum absolute atomic E-state index is 0. The summed E-state index contributed by atoms with van der Waals surface area (Å²) in [6.45, 7) is 19.6. The van der Waals surface area contributed by atoms with Crippen LogP contribution in [0.2, 0.25) is 0 Å². The third kappa shape index (κ3) is 8.73. The van der Waals surface area contributed by atoms with E-state index >= 15 is 0 Å². The Bertz CT molecular complexity index is 3980. The quantitative estimate of drug-likeness (QED) is 0.118. The SMILES string of the molecule is CC(C)c1cc(-c2ccccc2)cc(C(C)C)c1-n1c(-c2[c-]ccc3c2oc2cc4c(ccc5ccccc54)cc23)nc2ccc3ccccc3c21.[2H]C(C)(C)c1cnc(-c2[c-]cccc2)cc1C(C)(C)C.[Ir]. The standard InChI is InChI=1S/C49H37N2O.C18H22N.Ir/c1-29(2)40-26-35(31-13-6-5-7-14-31)27-41(30(3)4)46(40)51-47-37-18-11-9-16-33(37)23-24-44(47)50-49(51)39-20-12-19-38-43-25-34-22-21-32-15-8-10-17-36(32)42(34)28-45(43)52-48(38)39;1-13(2)15-12-19-17(11-16(15)18(3,4)5)14-9-7-6-8-10-14;/h5-19,21-30H,1-4H3;6-9,11-13H,1-5H3;/q2*-1;/i;13D;. The number of pyridine rings is 1. The summed E-state index contributed by atoms with van der Waals surface area (Å²) in [5.74, 6) is 0.700. The molecule has 9 aromatic carbocycles. The summed E-state index contributed by atoms with van der Waals surface area (Å²) in [4.78, 5) is 10.0. The van der Waals surface area contributed by atoms with Gasteiger partial charge >= 0.3 is 0 Å². The zero-order chi connectivity index (χ0) is 50.1. The first-order chi connectivity index (χ1) is 34.6. The van der Waals surface area contributed by atoms with Gasteiger partial charge in [-0.2, -0.15) is 0 Å². The van der Waals surface area contributed by atoms with Crippen LogP contribution < -0.4 is 0 Å². The second-order valence-electron chi connectivity index (χ2n) is 20.8. The van der Waals surface area contributed by atoms with Crippen molar-refractivity contribution in [2.75, 3.05) is 0 Å². The van der Waals surface area contributed by atoms with E-state index in [1.165, 1.54) is 65.8 Å². The summed E-state index contributed by atoms with van der Waals surface area (Å²) in [5.41, 5.74) is 14.9. The molecule has 359 valence electrons. The third-order valence-corrected chi connectivity index (χ3v) is 14.0. The molecule has 72 heavy (non-hydrogen) atoms. The molecule has 0 unspecified atom stereocenters. The molecule has 0 bridgehead atoms. The Kier molecular flexibility index (Phi) is 12.7. The normalized spacial score (nSPS) is 12.3. The molecule has 0 saturated heterocycles. The Morgan fingerprint density at radius 3 is 1.90 bits per heavy atom. The van der Waals surface area contributed by atoms with Crippen LogP contribution in [0.4, 0.5) is 0 Å². The summed E-state index contributed by atoms with van der Waals surface area (Å²) < 4.78 is 17.7. The Morgan fingerprint density at radius 2 is 1.22 bits per heavy atom. The number of imidazole rings is 1. The fourth-order valence-electron chi connectivity index (χ4n) is 10.4. The van der Waals surface area contributed by atoms with E-state index in [0.29, 0.717) is 0 Å². The predicted molar refractivity (Wildman–Crippen MR) is 300 cm³/mol. The second-order valence-corrected chi connectivity index (χ2v) is 20.8. The van der Waals surface area contributed by atoms with Crippen LogP contribution in [-0.4, -0.2) is 14.5 Å². The number of fused-ring (bicyclic) bond motifs is 9. The topological polar surface area (TPSA) is 43.9 Å². The van der Waals surface area contributed by atoms with Gasteiger partial charge < -0.3 is 14.0 Å². The summed E-state index contributed by atoms with van der Waals surface area (Å²) in [6.07, 6.45) is 1.85. The maximum atomic E-state index is 8.32. The van der Waals surface area contributed by atoms with E-state index in [2.05, 4.69) is 210 Å². The zero-order valence-electron chi connectivity index (χ0n) is 43.5. The van der Waals surface area contributed by atoms with Gasteiger partial charge in [0.1, 0.15) is 5.58 Å². The van der Waals surface area contributed by atoms with Crippen LogP contribution in [0.3, 0.4) is 0 Å². The van der Waals surface area contributed by atoms with E-state index in [9.17, 15) is 0 Å². The molecule has 12 aromatic rings. The van der Waals surface area contributed by atoms with Crippen LogP contribution in [0.25, 0.3) is 105 Å². The molecule has 4 nitrogen and oxygen atoms in total. The average Bonchev–Trinajstić information content (AvgIpc) is 3.96. The van der Waals surface area contributed by atoms with Crippen molar-refractivity contribution in [1.29, 1.82) is 0 Å². The molecular formula is C67H59IrN3O-2. The van der Waals surface area contributed by atoms with E-state index < -0.39 is 5.89 Å². The molecule has 0 spiro atoms. The fourth-order valence-corrected chi connectivity index (χ4v) is 10.4. The summed E-state index contributed by atoms with van der Waals surface area (Å²) >= 11 is 0. The van der Waals surface area contributed by atoms with Crippen LogP contribution in [0, 0.1) is 12.1 Å². The van der Waals surface area contributed by atoms with Crippen molar-refractivity contribution >= 4 is 65.3 Å². The van der Waals surface area contributed by atoms with Gasteiger partial charge in [0.25, 0.3) is 0 Å². The Balaban J connectivity index is 0.000000246. The molecule has 1 radical (unpaired) electrons. The van der Waals surface area contributed by atoms with Crippen LogP contribution in [0.15, 0.2) is 180 Å². The second kappa shape index (κ2) is 19.4. The number of hydrogen-bond donors (Lipinski definition) is 0. The Labute approximate surface area is 438 Å². The van der Waals surface area contributed by atoms with E-state index in [0.717, 1.165) is 61.2 Å². The Morgan fingerprint density at radius 1 is 0.569 bits per heavy atom. The van der Waals surface area contributed by atoms with Crippen LogP contribution in [-0.2, 0) is 25.5 Å². The van der Waals surface area contributed by atoms with Crippen molar-refractivity contribution in [3.8, 4) is 39.5 Å². The van der Waals surface area contributed by atoms with E-state index in [1.807, 2.05) is 50.4 Å². The first kappa shape index (κ1) is 47.2. The van der Waals surface area contributed by atoms with E-state index in [1.54, 1.807) is 0 Å². The van der Waals surface area contributed by atoms with E-state index in [4.69, 9.17) is 10.8 Å². The molecule has 0 amide bonds. The van der Waals surface area contributed by atoms with Gasteiger partial charge in [-0.1, -0.05) is 176 Å². The molecular weight excluding hydrogens is 1050 g/mol. The van der Waals surface area contributed by atoms with Crippen molar-refractivity contribution in [1.82, 2.24) is 14.5 Å². The molecule has 0 aliphatic heterocycles. The maximum absolute atomic E-state index is 8.32. The molecule has 0 aliphatic rings. The van der Waals surface area contributed by atoms with Gasteiger partial charge in [0.15, 0.2) is 0 Å². The van der Waals surface area contributed by atoms with Gasteiger partial charge in [-0.15, -0.1) is 54.1 Å². The average molecular weight is 1120 g/mol. The minimum atomic E-state index is -0.644. The number of aromatic nitrogens is 3. The molecule has 0 fully saturated rings. The van der Waals surface area contributed by atoms with Crippen LogP contribution in [0.5, 0.6) is 0 Å². The number of furan rings is 1. The fraction of sp³-hybridized carbons (Fsp3) is 0.194. The number of hydrogen-bond acceptors (Lipinski definition) is 3. The van der Waals surface area contributed by atoms with Gasteiger partial charge in [-0.05, 0) is 119 Å². The molecule has 3 heterocycles. The van der Waals surface area contributed by atoms with Crippen molar-refractivity contribution in [3.05, 3.63) is 210 Å². The first-order valence-electron chi connectivity index (χ1n) is 25.4. The van der Waals surface area contributed by atoms with Crippen molar-refractivity contribution in [2.45, 2.75) is 85.5 Å². The Hall–Kier alpha value is -7.17. The maximum Gasteiger partial charge on any atom is 0.121 e. The number of rotatable bonds is 7. The predicted octanol–water partition coefficient (Wildman–Crippen LogP) is 18.7. The molecule has 12 rings (SSSR count). The van der Waals surface area contributed by atoms with Crippen molar-refractivity contribution in [2.24, 2.45) is 0 Å². The minimum Gasteiger partial charge on any atom is -0.501 e. The van der Waals surface area contributed by atoms with Gasteiger partial charge in [0.2, 0.25) is 0 Å². The van der Waals surface area contributed by atoms with E-state index in [-0.39, 0.29) is 37.4 Å². The molecule has 0 atom stereocenters. The first-order valence-corrected chi connectivity index (χ1v) is 24.9. The van der Waals surface area contributed by atoms with Crippen LogP contribution >= 0.6 is 0 Å². The van der Waals surface area contributed by atoms with Crippen molar-refractivity contribution in [3.63, 3.8) is 0 Å². The molecule has 0 saturated carbocycles. The monoisotopic (exact) mass is 1120 g/mol. The molecule has 3 aromatic heterocycles. The molecule has 0 N–H and O–H groups in total. The van der Waals surface area contributed by atoms with Gasteiger partial charge in [-0.25, -0.2) is 0 Å². The molecule has 5 heteroatoms. The number of nitrogens with zero attached hydrogens (tertiary/aromatic N) is 3. The van der Waals surface area contributed by atoms with Gasteiger partial charge in [0, 0.05) is 44.1 Å².